The van der Waals surface area contributed by atoms with Crippen LogP contribution < -0.4 is 10.6 Å². The molecule has 0 saturated carbocycles. The minimum atomic E-state index is 0.624. The smallest absolute Gasteiger partial charge is 0.0423 e. The van der Waals surface area contributed by atoms with Crippen molar-refractivity contribution in [2.45, 2.75) is 38.6 Å². The van der Waals surface area contributed by atoms with E-state index in [2.05, 4.69) is 39.0 Å². The van der Waals surface area contributed by atoms with Crippen LogP contribution in [0.4, 0.5) is 5.69 Å². The van der Waals surface area contributed by atoms with Crippen LogP contribution in [0.5, 0.6) is 0 Å². The van der Waals surface area contributed by atoms with Gasteiger partial charge in [-0.1, -0.05) is 41.3 Å². The molecular formula is C14H21BrN2. The van der Waals surface area contributed by atoms with E-state index in [1.807, 2.05) is 0 Å². The van der Waals surface area contributed by atoms with Gasteiger partial charge in [0.2, 0.25) is 0 Å². The SMILES string of the molecule is NCc1ccc(Br)cc1N1CCCCCCC1. The first-order chi connectivity index (χ1) is 8.31. The van der Waals surface area contributed by atoms with Crippen LogP contribution in [0.3, 0.4) is 0 Å². The lowest BCUT2D eigenvalue weighted by Crippen LogP contribution is -2.28. The Morgan fingerprint density at radius 3 is 2.35 bits per heavy atom. The maximum Gasteiger partial charge on any atom is 0.0423 e. The fourth-order valence-corrected chi connectivity index (χ4v) is 2.84. The predicted molar refractivity (Wildman–Crippen MR) is 77.3 cm³/mol. The van der Waals surface area contributed by atoms with Crippen molar-refractivity contribution < 1.29 is 0 Å². The van der Waals surface area contributed by atoms with Crippen molar-refractivity contribution in [1.29, 1.82) is 0 Å². The molecule has 94 valence electrons. The summed E-state index contributed by atoms with van der Waals surface area (Å²) in [5, 5.41) is 0. The third kappa shape index (κ3) is 3.46. The lowest BCUT2D eigenvalue weighted by molar-refractivity contribution is 0.555. The van der Waals surface area contributed by atoms with Crippen molar-refractivity contribution in [1.82, 2.24) is 0 Å². The molecule has 2 N–H and O–H groups in total. The molecule has 17 heavy (non-hydrogen) atoms. The zero-order valence-corrected chi connectivity index (χ0v) is 11.9. The second-order valence-corrected chi connectivity index (χ2v) is 5.65. The highest BCUT2D eigenvalue weighted by Gasteiger charge is 2.12. The highest BCUT2D eigenvalue weighted by atomic mass is 79.9. The standard InChI is InChI=1S/C14H21BrN2/c15-13-7-6-12(11-16)14(10-13)17-8-4-2-1-3-5-9-17/h6-7,10H,1-5,8-9,11,16H2. The molecule has 0 atom stereocenters. The van der Waals surface area contributed by atoms with Crippen molar-refractivity contribution in [3.05, 3.63) is 28.2 Å². The van der Waals surface area contributed by atoms with Gasteiger partial charge in [-0.3, -0.25) is 0 Å². The fourth-order valence-electron chi connectivity index (χ4n) is 2.49. The second kappa shape index (κ2) is 6.41. The summed E-state index contributed by atoms with van der Waals surface area (Å²) in [7, 11) is 0. The highest BCUT2D eigenvalue weighted by Crippen LogP contribution is 2.27. The van der Waals surface area contributed by atoms with E-state index in [-0.39, 0.29) is 0 Å². The first-order valence-corrected chi connectivity index (χ1v) is 7.34. The maximum atomic E-state index is 5.84. The van der Waals surface area contributed by atoms with Crippen LogP contribution in [0.1, 0.15) is 37.7 Å². The molecule has 0 aliphatic carbocycles. The first kappa shape index (κ1) is 12.9. The van der Waals surface area contributed by atoms with E-state index < -0.39 is 0 Å². The maximum absolute atomic E-state index is 5.84. The minimum absolute atomic E-state index is 0.624. The Kier molecular flexibility index (Phi) is 4.86. The summed E-state index contributed by atoms with van der Waals surface area (Å²) in [4.78, 5) is 2.51. The average Bonchev–Trinajstić information content (AvgIpc) is 2.28. The number of halogens is 1. The van der Waals surface area contributed by atoms with E-state index in [1.54, 1.807) is 0 Å². The van der Waals surface area contributed by atoms with Gasteiger partial charge < -0.3 is 10.6 Å². The Hall–Kier alpha value is -0.540. The van der Waals surface area contributed by atoms with Crippen LogP contribution in [0, 0.1) is 0 Å². The molecule has 0 bridgehead atoms. The van der Waals surface area contributed by atoms with Gasteiger partial charge in [-0.05, 0) is 30.5 Å². The first-order valence-electron chi connectivity index (χ1n) is 6.54. The van der Waals surface area contributed by atoms with Gasteiger partial charge in [-0.2, -0.15) is 0 Å². The molecule has 1 aliphatic rings. The van der Waals surface area contributed by atoms with Crippen molar-refractivity contribution in [2.24, 2.45) is 5.73 Å². The minimum Gasteiger partial charge on any atom is -0.371 e. The topological polar surface area (TPSA) is 29.3 Å². The molecule has 1 aromatic carbocycles. The largest absolute Gasteiger partial charge is 0.371 e. The summed E-state index contributed by atoms with van der Waals surface area (Å²) in [5.74, 6) is 0. The van der Waals surface area contributed by atoms with E-state index in [1.165, 1.54) is 56.4 Å². The number of anilines is 1. The van der Waals surface area contributed by atoms with Crippen LogP contribution in [-0.2, 0) is 6.54 Å². The van der Waals surface area contributed by atoms with Crippen LogP contribution in [0.2, 0.25) is 0 Å². The second-order valence-electron chi connectivity index (χ2n) is 4.73. The highest BCUT2D eigenvalue weighted by molar-refractivity contribution is 9.10. The molecule has 3 heteroatoms. The van der Waals surface area contributed by atoms with Gasteiger partial charge in [0, 0.05) is 29.8 Å². The molecule has 0 radical (unpaired) electrons. The summed E-state index contributed by atoms with van der Waals surface area (Å²) in [6, 6.07) is 6.43. The molecule has 0 spiro atoms. The Bertz CT molecular complexity index is 357. The number of benzene rings is 1. The summed E-state index contributed by atoms with van der Waals surface area (Å²) < 4.78 is 1.15. The molecule has 2 nitrogen and oxygen atoms in total. The van der Waals surface area contributed by atoms with Crippen LogP contribution in [0.25, 0.3) is 0 Å². The quantitative estimate of drug-likeness (QED) is 0.902. The average molecular weight is 297 g/mol. The number of hydrogen-bond donors (Lipinski definition) is 1. The van der Waals surface area contributed by atoms with Crippen molar-refractivity contribution >= 4 is 21.6 Å². The van der Waals surface area contributed by atoms with Crippen LogP contribution in [0.15, 0.2) is 22.7 Å². The summed E-state index contributed by atoms with van der Waals surface area (Å²) >= 11 is 3.56. The Morgan fingerprint density at radius 1 is 1.06 bits per heavy atom. The van der Waals surface area contributed by atoms with Gasteiger partial charge >= 0.3 is 0 Å². The van der Waals surface area contributed by atoms with E-state index >= 15 is 0 Å². The van der Waals surface area contributed by atoms with E-state index in [9.17, 15) is 0 Å². The van der Waals surface area contributed by atoms with Crippen molar-refractivity contribution in [3.8, 4) is 0 Å². The zero-order valence-electron chi connectivity index (χ0n) is 10.3. The Morgan fingerprint density at radius 2 is 1.71 bits per heavy atom. The number of nitrogens with zero attached hydrogens (tertiary/aromatic N) is 1. The van der Waals surface area contributed by atoms with Crippen molar-refractivity contribution in [3.63, 3.8) is 0 Å². The Balaban J connectivity index is 2.20. The van der Waals surface area contributed by atoms with E-state index in [0.29, 0.717) is 6.54 Å². The van der Waals surface area contributed by atoms with Gasteiger partial charge in [0.1, 0.15) is 0 Å². The summed E-state index contributed by atoms with van der Waals surface area (Å²) in [6.45, 7) is 2.96. The molecule has 1 saturated heterocycles. The molecular weight excluding hydrogens is 276 g/mol. The predicted octanol–water partition coefficient (Wildman–Crippen LogP) is 3.68. The molecule has 1 aromatic rings. The van der Waals surface area contributed by atoms with E-state index in [0.717, 1.165) is 4.47 Å². The fraction of sp³-hybridized carbons (Fsp3) is 0.571. The lowest BCUT2D eigenvalue weighted by atomic mass is 10.1. The van der Waals surface area contributed by atoms with Gasteiger partial charge in [-0.25, -0.2) is 0 Å². The van der Waals surface area contributed by atoms with Crippen molar-refractivity contribution in [2.75, 3.05) is 18.0 Å². The van der Waals surface area contributed by atoms with Gasteiger partial charge in [0.15, 0.2) is 0 Å². The zero-order chi connectivity index (χ0) is 12.1. The molecule has 1 heterocycles. The normalized spacial score (nSPS) is 17.6. The molecule has 1 aliphatic heterocycles. The van der Waals surface area contributed by atoms with Crippen LogP contribution in [-0.4, -0.2) is 13.1 Å². The summed E-state index contributed by atoms with van der Waals surface area (Å²) in [5.41, 5.74) is 8.42. The molecule has 0 aromatic heterocycles. The Labute approximate surface area is 112 Å². The third-order valence-electron chi connectivity index (χ3n) is 3.46. The molecule has 2 rings (SSSR count). The van der Waals surface area contributed by atoms with Crippen LogP contribution >= 0.6 is 15.9 Å². The van der Waals surface area contributed by atoms with E-state index in [4.69, 9.17) is 5.73 Å². The number of rotatable bonds is 2. The van der Waals surface area contributed by atoms with Gasteiger partial charge in [0.05, 0.1) is 0 Å². The molecule has 0 unspecified atom stereocenters. The van der Waals surface area contributed by atoms with Gasteiger partial charge in [-0.15, -0.1) is 0 Å². The molecule has 1 fully saturated rings. The number of hydrogen-bond acceptors (Lipinski definition) is 2. The summed E-state index contributed by atoms with van der Waals surface area (Å²) in [6.07, 6.45) is 6.73. The van der Waals surface area contributed by atoms with Gasteiger partial charge in [0.25, 0.3) is 0 Å². The monoisotopic (exact) mass is 296 g/mol. The third-order valence-corrected chi connectivity index (χ3v) is 3.96. The number of nitrogens with two attached hydrogens (primary N) is 1. The molecule has 0 amide bonds. The lowest BCUT2D eigenvalue weighted by Gasteiger charge is -2.29.